The zero-order valence-electron chi connectivity index (χ0n) is 18.7. The van der Waals surface area contributed by atoms with Crippen LogP contribution in [-0.4, -0.2) is 18.0 Å². The summed E-state index contributed by atoms with van der Waals surface area (Å²) in [6, 6.07) is 10.3. The number of benzene rings is 2. The van der Waals surface area contributed by atoms with E-state index < -0.39 is 0 Å². The first-order valence-electron chi connectivity index (χ1n) is 11.8. The quantitative estimate of drug-likeness (QED) is 0.170. The Balaban J connectivity index is 1.87. The maximum absolute atomic E-state index is 6.64. The van der Waals surface area contributed by atoms with Gasteiger partial charge in [-0.15, -0.1) is 0 Å². The first kappa shape index (κ1) is 25.3. The van der Waals surface area contributed by atoms with Crippen LogP contribution in [0.5, 0.6) is 11.5 Å². The minimum Gasteiger partial charge on any atom is -0.492 e. The van der Waals surface area contributed by atoms with Crippen molar-refractivity contribution >= 4 is 38.3 Å². The Morgan fingerprint density at radius 3 is 2.40 bits per heavy atom. The van der Waals surface area contributed by atoms with Gasteiger partial charge in [0, 0.05) is 10.7 Å². The average molecular weight is 498 g/mol. The second kappa shape index (κ2) is 15.0. The van der Waals surface area contributed by atoms with Crippen LogP contribution in [0.3, 0.4) is 0 Å². The predicted molar refractivity (Wildman–Crippen MR) is 135 cm³/mol. The van der Waals surface area contributed by atoms with Crippen molar-refractivity contribution in [1.29, 1.82) is 0 Å². The summed E-state index contributed by atoms with van der Waals surface area (Å²) in [7, 11) is 0. The third kappa shape index (κ3) is 8.67. The van der Waals surface area contributed by atoms with Gasteiger partial charge in [0.2, 0.25) is 0 Å². The highest BCUT2D eigenvalue weighted by atomic mass is 79.9. The lowest BCUT2D eigenvalue weighted by Gasteiger charge is -2.18. The molecular weight excluding hydrogens is 460 g/mol. The summed E-state index contributed by atoms with van der Waals surface area (Å²) >= 11 is 10.1. The van der Waals surface area contributed by atoms with Crippen molar-refractivity contribution in [3.8, 4) is 11.5 Å². The van der Waals surface area contributed by atoms with Crippen LogP contribution in [0.1, 0.15) is 84.5 Å². The molecule has 0 N–H and O–H groups in total. The maximum Gasteiger partial charge on any atom is 0.138 e. The average Bonchev–Trinajstić information content (AvgIpc) is 2.76. The van der Waals surface area contributed by atoms with Crippen molar-refractivity contribution in [3.05, 3.63) is 35.4 Å². The molecule has 0 bridgehead atoms. The van der Waals surface area contributed by atoms with Crippen LogP contribution in [0.25, 0.3) is 10.8 Å². The Kier molecular flexibility index (Phi) is 12.6. The molecule has 0 radical (unpaired) electrons. The summed E-state index contributed by atoms with van der Waals surface area (Å²) in [5, 5.41) is 3.93. The maximum atomic E-state index is 6.64. The fourth-order valence-corrected chi connectivity index (χ4v) is 4.37. The van der Waals surface area contributed by atoms with Gasteiger partial charge in [0.05, 0.1) is 17.7 Å². The SMILES string of the molecule is CCCCCC(CC)Oc1ccc2c(Cl)c(OCCCCCCCCBr)ccc2c1. The van der Waals surface area contributed by atoms with E-state index in [-0.39, 0.29) is 6.10 Å². The van der Waals surface area contributed by atoms with Gasteiger partial charge in [0.1, 0.15) is 11.5 Å². The van der Waals surface area contributed by atoms with E-state index in [1.54, 1.807) is 0 Å². The van der Waals surface area contributed by atoms with Gasteiger partial charge in [-0.2, -0.15) is 0 Å². The Morgan fingerprint density at radius 1 is 0.900 bits per heavy atom. The van der Waals surface area contributed by atoms with Crippen LogP contribution in [0.4, 0.5) is 0 Å². The van der Waals surface area contributed by atoms with Gasteiger partial charge in [0.15, 0.2) is 0 Å². The Labute approximate surface area is 196 Å². The first-order valence-corrected chi connectivity index (χ1v) is 13.3. The third-order valence-electron chi connectivity index (χ3n) is 5.56. The number of halogens is 2. The van der Waals surface area contributed by atoms with Crippen molar-refractivity contribution in [3.63, 3.8) is 0 Å². The normalized spacial score (nSPS) is 12.3. The number of hydrogen-bond donors (Lipinski definition) is 0. The second-order valence-electron chi connectivity index (χ2n) is 8.06. The van der Waals surface area contributed by atoms with Crippen molar-refractivity contribution < 1.29 is 9.47 Å². The van der Waals surface area contributed by atoms with E-state index in [0.29, 0.717) is 5.02 Å². The molecule has 2 rings (SSSR count). The minimum absolute atomic E-state index is 0.284. The summed E-state index contributed by atoms with van der Waals surface area (Å²) in [6.45, 7) is 5.16. The Hall–Kier alpha value is -0.930. The van der Waals surface area contributed by atoms with Crippen LogP contribution in [0.2, 0.25) is 5.02 Å². The van der Waals surface area contributed by atoms with Crippen molar-refractivity contribution in [2.75, 3.05) is 11.9 Å². The van der Waals surface area contributed by atoms with E-state index in [4.69, 9.17) is 21.1 Å². The zero-order chi connectivity index (χ0) is 21.6. The summed E-state index contributed by atoms with van der Waals surface area (Å²) < 4.78 is 12.2. The van der Waals surface area contributed by atoms with Gasteiger partial charge in [-0.3, -0.25) is 0 Å². The molecule has 30 heavy (non-hydrogen) atoms. The number of rotatable bonds is 16. The molecular formula is C26H38BrClO2. The Morgan fingerprint density at radius 2 is 1.67 bits per heavy atom. The molecule has 0 saturated heterocycles. The molecule has 0 aliphatic carbocycles. The molecule has 0 aliphatic rings. The molecule has 1 atom stereocenters. The van der Waals surface area contributed by atoms with Crippen molar-refractivity contribution in [2.45, 2.75) is 90.6 Å². The fraction of sp³-hybridized carbons (Fsp3) is 0.615. The van der Waals surface area contributed by atoms with E-state index in [2.05, 4.69) is 48.0 Å². The minimum atomic E-state index is 0.284. The van der Waals surface area contributed by atoms with E-state index >= 15 is 0 Å². The summed E-state index contributed by atoms with van der Waals surface area (Å²) in [5.41, 5.74) is 0. The first-order chi connectivity index (χ1) is 14.7. The zero-order valence-corrected chi connectivity index (χ0v) is 21.1. The highest BCUT2D eigenvalue weighted by molar-refractivity contribution is 9.09. The van der Waals surface area contributed by atoms with Crippen LogP contribution < -0.4 is 9.47 Å². The van der Waals surface area contributed by atoms with E-state index in [1.165, 1.54) is 51.4 Å². The molecule has 1 unspecified atom stereocenters. The number of ether oxygens (including phenoxy) is 2. The van der Waals surface area contributed by atoms with Crippen LogP contribution in [0, 0.1) is 0 Å². The van der Waals surface area contributed by atoms with E-state index in [0.717, 1.165) is 53.5 Å². The van der Waals surface area contributed by atoms with E-state index in [1.807, 2.05) is 12.1 Å². The summed E-state index contributed by atoms with van der Waals surface area (Å²) in [4.78, 5) is 0. The molecule has 4 heteroatoms. The molecule has 2 nitrogen and oxygen atoms in total. The van der Waals surface area contributed by atoms with Gasteiger partial charge in [-0.1, -0.05) is 86.0 Å². The molecule has 0 saturated carbocycles. The van der Waals surface area contributed by atoms with Gasteiger partial charge >= 0.3 is 0 Å². The number of fused-ring (bicyclic) bond motifs is 1. The topological polar surface area (TPSA) is 18.5 Å². The highest BCUT2D eigenvalue weighted by Crippen LogP contribution is 2.35. The smallest absolute Gasteiger partial charge is 0.138 e. The number of alkyl halides is 1. The van der Waals surface area contributed by atoms with E-state index in [9.17, 15) is 0 Å². The third-order valence-corrected chi connectivity index (χ3v) is 6.51. The molecule has 0 aliphatic heterocycles. The van der Waals surface area contributed by atoms with Gasteiger partial charge in [0.25, 0.3) is 0 Å². The molecule has 0 spiro atoms. The molecule has 2 aromatic rings. The molecule has 0 fully saturated rings. The predicted octanol–water partition coefficient (Wildman–Crippen LogP) is 9.35. The monoisotopic (exact) mass is 496 g/mol. The van der Waals surface area contributed by atoms with Gasteiger partial charge in [-0.05, 0) is 61.8 Å². The lowest BCUT2D eigenvalue weighted by molar-refractivity contribution is 0.183. The summed E-state index contributed by atoms with van der Waals surface area (Å²) in [6.07, 6.45) is 13.6. The Bertz CT molecular complexity index is 734. The largest absolute Gasteiger partial charge is 0.492 e. The second-order valence-corrected chi connectivity index (χ2v) is 9.23. The number of unbranched alkanes of at least 4 members (excludes halogenated alkanes) is 7. The molecule has 168 valence electrons. The highest BCUT2D eigenvalue weighted by Gasteiger charge is 2.11. The molecule has 2 aromatic carbocycles. The standard InChI is InChI=1S/C26H38BrClO2/c1-3-5-10-13-22(4-2)30-23-15-16-24-21(20-23)14-17-25(26(24)28)29-19-12-9-7-6-8-11-18-27/h14-17,20,22H,3-13,18-19H2,1-2H3. The fourth-order valence-electron chi connectivity index (χ4n) is 3.68. The lowest BCUT2D eigenvalue weighted by atomic mass is 10.1. The molecule has 0 heterocycles. The van der Waals surface area contributed by atoms with Crippen LogP contribution in [-0.2, 0) is 0 Å². The summed E-state index contributed by atoms with van der Waals surface area (Å²) in [5.74, 6) is 1.71. The lowest BCUT2D eigenvalue weighted by Crippen LogP contribution is -2.15. The van der Waals surface area contributed by atoms with Crippen molar-refractivity contribution in [1.82, 2.24) is 0 Å². The van der Waals surface area contributed by atoms with Gasteiger partial charge in [-0.25, -0.2) is 0 Å². The molecule has 0 aromatic heterocycles. The molecule has 0 amide bonds. The van der Waals surface area contributed by atoms with Gasteiger partial charge < -0.3 is 9.47 Å². The van der Waals surface area contributed by atoms with Crippen LogP contribution >= 0.6 is 27.5 Å². The van der Waals surface area contributed by atoms with Crippen molar-refractivity contribution in [2.24, 2.45) is 0 Å². The number of hydrogen-bond acceptors (Lipinski definition) is 2. The van der Waals surface area contributed by atoms with Crippen LogP contribution in [0.15, 0.2) is 30.3 Å².